The Kier molecular flexibility index (Phi) is 4.50. The van der Waals surface area contributed by atoms with Crippen LogP contribution >= 0.6 is 0 Å². The Bertz CT molecular complexity index is 670. The average Bonchev–Trinajstić information content (AvgIpc) is 2.99. The number of hydrogen-bond acceptors (Lipinski definition) is 5. The lowest BCUT2D eigenvalue weighted by Crippen LogP contribution is -2.34. The standard InChI is InChI=1S/C13H20N4O3S/c1-9-13(10(2)16-15-9)21(18,19)14-8-11(17(3)4)12-6-5-7-20-12/h5-7,11,14H,8H2,1-4H3,(H,15,16). The molecule has 0 aromatic carbocycles. The van der Waals surface area contributed by atoms with Crippen LogP contribution in [0.3, 0.4) is 0 Å². The number of likely N-dealkylation sites (N-methyl/N-ethyl adjacent to an activating group) is 1. The molecule has 2 heterocycles. The highest BCUT2D eigenvalue weighted by Crippen LogP contribution is 2.20. The predicted molar refractivity (Wildman–Crippen MR) is 78.4 cm³/mol. The second kappa shape index (κ2) is 6.00. The van der Waals surface area contributed by atoms with Gasteiger partial charge in [-0.05, 0) is 40.1 Å². The summed E-state index contributed by atoms with van der Waals surface area (Å²) in [6, 6.07) is 3.43. The van der Waals surface area contributed by atoms with Crippen LogP contribution in [0.1, 0.15) is 23.2 Å². The minimum Gasteiger partial charge on any atom is -0.468 e. The van der Waals surface area contributed by atoms with E-state index in [-0.39, 0.29) is 17.5 Å². The maximum absolute atomic E-state index is 12.4. The minimum atomic E-state index is -3.61. The van der Waals surface area contributed by atoms with E-state index < -0.39 is 10.0 Å². The van der Waals surface area contributed by atoms with Gasteiger partial charge < -0.3 is 4.42 Å². The Morgan fingerprint density at radius 1 is 1.43 bits per heavy atom. The number of furan rings is 1. The summed E-state index contributed by atoms with van der Waals surface area (Å²) in [7, 11) is 0.132. The molecule has 1 unspecified atom stereocenters. The van der Waals surface area contributed by atoms with Crippen molar-refractivity contribution < 1.29 is 12.8 Å². The van der Waals surface area contributed by atoms with E-state index in [2.05, 4.69) is 14.9 Å². The minimum absolute atomic E-state index is 0.178. The second-order valence-electron chi connectivity index (χ2n) is 5.11. The Balaban J connectivity index is 2.18. The van der Waals surface area contributed by atoms with Crippen molar-refractivity contribution in [3.8, 4) is 0 Å². The molecule has 0 amide bonds. The molecule has 0 radical (unpaired) electrons. The number of aryl methyl sites for hydroxylation is 2. The number of H-pyrrole nitrogens is 1. The third-order valence-electron chi connectivity index (χ3n) is 3.29. The van der Waals surface area contributed by atoms with Crippen molar-refractivity contribution in [2.75, 3.05) is 20.6 Å². The molecular weight excluding hydrogens is 292 g/mol. The molecule has 0 aliphatic rings. The number of aromatic nitrogens is 2. The smallest absolute Gasteiger partial charge is 0.244 e. The van der Waals surface area contributed by atoms with Crippen molar-refractivity contribution in [2.45, 2.75) is 24.8 Å². The third kappa shape index (κ3) is 3.34. The number of sulfonamides is 1. The van der Waals surface area contributed by atoms with Gasteiger partial charge in [-0.3, -0.25) is 10.00 Å². The summed E-state index contributed by atoms with van der Waals surface area (Å²) in [6.07, 6.45) is 1.57. The molecule has 0 spiro atoms. The summed E-state index contributed by atoms with van der Waals surface area (Å²) in [4.78, 5) is 2.11. The summed E-state index contributed by atoms with van der Waals surface area (Å²) in [6.45, 7) is 3.56. The van der Waals surface area contributed by atoms with Gasteiger partial charge in [-0.1, -0.05) is 0 Å². The quantitative estimate of drug-likeness (QED) is 0.836. The second-order valence-corrected chi connectivity index (χ2v) is 6.81. The first-order valence-corrected chi connectivity index (χ1v) is 8.02. The molecule has 2 N–H and O–H groups in total. The fraction of sp³-hybridized carbons (Fsp3) is 0.462. The Hall–Kier alpha value is -1.64. The summed E-state index contributed by atoms with van der Waals surface area (Å²) in [5.74, 6) is 0.711. The SMILES string of the molecule is Cc1n[nH]c(C)c1S(=O)(=O)NCC(c1ccco1)N(C)C. The molecule has 116 valence electrons. The van der Waals surface area contributed by atoms with Gasteiger partial charge in [-0.2, -0.15) is 5.10 Å². The molecule has 8 heteroatoms. The molecule has 2 aromatic rings. The van der Waals surface area contributed by atoms with E-state index >= 15 is 0 Å². The van der Waals surface area contributed by atoms with Gasteiger partial charge in [0.05, 0.1) is 23.7 Å². The predicted octanol–water partition coefficient (Wildman–Crippen LogP) is 1.20. The molecule has 0 fully saturated rings. The van der Waals surface area contributed by atoms with Crippen LogP contribution in [-0.2, 0) is 10.0 Å². The van der Waals surface area contributed by atoms with Crippen LogP contribution in [0, 0.1) is 13.8 Å². The largest absolute Gasteiger partial charge is 0.468 e. The van der Waals surface area contributed by atoms with E-state index in [9.17, 15) is 8.42 Å². The van der Waals surface area contributed by atoms with Crippen LogP contribution in [0.4, 0.5) is 0 Å². The van der Waals surface area contributed by atoms with E-state index in [1.807, 2.05) is 25.1 Å². The number of nitrogens with zero attached hydrogens (tertiary/aromatic N) is 2. The van der Waals surface area contributed by atoms with Gasteiger partial charge in [0.2, 0.25) is 10.0 Å². The van der Waals surface area contributed by atoms with Crippen LogP contribution in [0.2, 0.25) is 0 Å². The fourth-order valence-corrected chi connectivity index (χ4v) is 3.62. The monoisotopic (exact) mass is 312 g/mol. The molecule has 0 saturated carbocycles. The first-order chi connectivity index (χ1) is 9.83. The zero-order chi connectivity index (χ0) is 15.6. The molecule has 0 bridgehead atoms. The van der Waals surface area contributed by atoms with Crippen molar-refractivity contribution in [3.63, 3.8) is 0 Å². The normalized spacial score (nSPS) is 13.8. The number of nitrogens with one attached hydrogen (secondary N) is 2. The van der Waals surface area contributed by atoms with Gasteiger partial charge in [-0.15, -0.1) is 0 Å². The van der Waals surface area contributed by atoms with E-state index in [1.54, 1.807) is 26.2 Å². The zero-order valence-corrected chi connectivity index (χ0v) is 13.4. The van der Waals surface area contributed by atoms with Gasteiger partial charge in [-0.25, -0.2) is 13.1 Å². The molecule has 21 heavy (non-hydrogen) atoms. The molecule has 0 aliphatic heterocycles. The molecule has 1 atom stereocenters. The lowest BCUT2D eigenvalue weighted by atomic mass is 10.2. The maximum atomic E-state index is 12.4. The van der Waals surface area contributed by atoms with Gasteiger partial charge in [0.15, 0.2) is 0 Å². The van der Waals surface area contributed by atoms with Crippen molar-refractivity contribution in [1.82, 2.24) is 19.8 Å². The Morgan fingerprint density at radius 3 is 2.62 bits per heavy atom. The highest BCUT2D eigenvalue weighted by molar-refractivity contribution is 7.89. The summed E-state index contributed by atoms with van der Waals surface area (Å²) >= 11 is 0. The first kappa shape index (κ1) is 15.7. The van der Waals surface area contributed by atoms with E-state index in [4.69, 9.17) is 4.42 Å². The lowest BCUT2D eigenvalue weighted by molar-refractivity contribution is 0.259. The highest BCUT2D eigenvalue weighted by Gasteiger charge is 2.25. The average molecular weight is 312 g/mol. The molecule has 7 nitrogen and oxygen atoms in total. The Labute approximate surface area is 124 Å². The third-order valence-corrected chi connectivity index (χ3v) is 4.98. The summed E-state index contributed by atoms with van der Waals surface area (Å²) < 4.78 is 32.8. The van der Waals surface area contributed by atoms with E-state index in [0.29, 0.717) is 17.1 Å². The lowest BCUT2D eigenvalue weighted by Gasteiger charge is -2.22. The number of hydrogen-bond donors (Lipinski definition) is 2. The summed E-state index contributed by atoms with van der Waals surface area (Å²) in [5, 5.41) is 6.60. The van der Waals surface area contributed by atoms with E-state index in [0.717, 1.165) is 0 Å². The van der Waals surface area contributed by atoms with Gasteiger partial charge in [0, 0.05) is 6.54 Å². The number of rotatable bonds is 6. The molecule has 2 aromatic heterocycles. The van der Waals surface area contributed by atoms with Crippen LogP contribution < -0.4 is 4.72 Å². The van der Waals surface area contributed by atoms with Crippen LogP contribution in [0.5, 0.6) is 0 Å². The van der Waals surface area contributed by atoms with Gasteiger partial charge in [0.1, 0.15) is 10.7 Å². The Morgan fingerprint density at radius 2 is 2.14 bits per heavy atom. The first-order valence-electron chi connectivity index (χ1n) is 6.54. The topological polar surface area (TPSA) is 91.2 Å². The molecular formula is C13H20N4O3S. The molecule has 0 saturated heterocycles. The maximum Gasteiger partial charge on any atom is 0.244 e. The summed E-state index contributed by atoms with van der Waals surface area (Å²) in [5.41, 5.74) is 0.985. The van der Waals surface area contributed by atoms with Gasteiger partial charge in [0.25, 0.3) is 0 Å². The number of aromatic amines is 1. The van der Waals surface area contributed by atoms with E-state index in [1.165, 1.54) is 0 Å². The molecule has 2 rings (SSSR count). The zero-order valence-electron chi connectivity index (χ0n) is 12.5. The van der Waals surface area contributed by atoms with Crippen LogP contribution in [-0.4, -0.2) is 44.2 Å². The van der Waals surface area contributed by atoms with Crippen LogP contribution in [0.15, 0.2) is 27.7 Å². The van der Waals surface area contributed by atoms with Crippen molar-refractivity contribution in [1.29, 1.82) is 0 Å². The highest BCUT2D eigenvalue weighted by atomic mass is 32.2. The van der Waals surface area contributed by atoms with Crippen LogP contribution in [0.25, 0.3) is 0 Å². The van der Waals surface area contributed by atoms with Crippen molar-refractivity contribution >= 4 is 10.0 Å². The van der Waals surface area contributed by atoms with Gasteiger partial charge >= 0.3 is 0 Å². The van der Waals surface area contributed by atoms with Crippen molar-refractivity contribution in [3.05, 3.63) is 35.5 Å². The van der Waals surface area contributed by atoms with Crippen molar-refractivity contribution in [2.24, 2.45) is 0 Å². The molecule has 0 aliphatic carbocycles. The fourth-order valence-electron chi connectivity index (χ4n) is 2.22.